The van der Waals surface area contributed by atoms with E-state index in [2.05, 4.69) is 79.6 Å². The third-order valence-corrected chi connectivity index (χ3v) is 4.79. The Labute approximate surface area is 150 Å². The Morgan fingerprint density at radius 2 is 1.08 bits per heavy atom. The van der Waals surface area contributed by atoms with Crippen molar-refractivity contribution >= 4 is 0 Å². The Balaban J connectivity index is 2.28. The maximum atomic E-state index is 4.68. The van der Waals surface area contributed by atoms with Gasteiger partial charge in [0.2, 0.25) is 11.4 Å². The minimum atomic E-state index is 1.06. The van der Waals surface area contributed by atoms with Gasteiger partial charge in [-0.1, -0.05) is 0 Å². The van der Waals surface area contributed by atoms with Crippen molar-refractivity contribution in [3.63, 3.8) is 0 Å². The SMILES string of the molecule is Cc1cc(C)c(-c2cccc(-c3c(C)cc(C)nc3C)[n+]2C)c(C)n1. The highest BCUT2D eigenvalue weighted by Crippen LogP contribution is 2.28. The summed E-state index contributed by atoms with van der Waals surface area (Å²) >= 11 is 0. The molecule has 3 nitrogen and oxygen atoms in total. The van der Waals surface area contributed by atoms with E-state index in [9.17, 15) is 0 Å². The lowest BCUT2D eigenvalue weighted by Gasteiger charge is -2.13. The van der Waals surface area contributed by atoms with E-state index in [1.54, 1.807) is 0 Å². The molecule has 0 N–H and O–H groups in total. The minimum absolute atomic E-state index is 1.06. The molecule has 0 spiro atoms. The first-order valence-electron chi connectivity index (χ1n) is 8.69. The summed E-state index contributed by atoms with van der Waals surface area (Å²) in [7, 11) is 2.13. The zero-order valence-corrected chi connectivity index (χ0v) is 16.2. The lowest BCUT2D eigenvalue weighted by atomic mass is 9.99. The molecule has 3 heterocycles. The summed E-state index contributed by atoms with van der Waals surface area (Å²) in [5, 5.41) is 0. The molecular weight excluding hydrogens is 306 g/mol. The third-order valence-electron chi connectivity index (χ3n) is 4.79. The molecule has 25 heavy (non-hydrogen) atoms. The minimum Gasteiger partial charge on any atom is -0.258 e. The second kappa shape index (κ2) is 6.40. The van der Waals surface area contributed by atoms with Gasteiger partial charge in [-0.15, -0.1) is 0 Å². The normalized spacial score (nSPS) is 11.0. The van der Waals surface area contributed by atoms with Gasteiger partial charge in [-0.2, -0.15) is 4.57 Å². The van der Waals surface area contributed by atoms with Crippen LogP contribution in [0, 0.1) is 41.5 Å². The molecule has 0 radical (unpaired) electrons. The Hall–Kier alpha value is -2.55. The molecule has 128 valence electrons. The summed E-state index contributed by atoms with van der Waals surface area (Å²) in [5.74, 6) is 0. The van der Waals surface area contributed by atoms with E-state index in [1.807, 2.05) is 13.8 Å². The third kappa shape index (κ3) is 3.07. The van der Waals surface area contributed by atoms with Crippen LogP contribution >= 0.6 is 0 Å². The van der Waals surface area contributed by atoms with Crippen molar-refractivity contribution in [2.75, 3.05) is 0 Å². The van der Waals surface area contributed by atoms with Gasteiger partial charge in [0.15, 0.2) is 0 Å². The van der Waals surface area contributed by atoms with E-state index in [1.165, 1.54) is 33.6 Å². The fourth-order valence-electron chi connectivity index (χ4n) is 3.91. The van der Waals surface area contributed by atoms with Crippen LogP contribution in [-0.2, 0) is 7.05 Å². The molecule has 3 heteroatoms. The molecule has 0 amide bonds. The number of hydrogen-bond acceptors (Lipinski definition) is 2. The Bertz CT molecular complexity index is 849. The molecule has 0 fully saturated rings. The topological polar surface area (TPSA) is 29.7 Å². The van der Waals surface area contributed by atoms with Gasteiger partial charge < -0.3 is 0 Å². The first kappa shape index (κ1) is 17.3. The van der Waals surface area contributed by atoms with Crippen LogP contribution in [0.15, 0.2) is 30.3 Å². The number of pyridine rings is 3. The van der Waals surface area contributed by atoms with E-state index < -0.39 is 0 Å². The highest BCUT2D eigenvalue weighted by molar-refractivity contribution is 5.68. The maximum absolute atomic E-state index is 4.68. The van der Waals surface area contributed by atoms with E-state index in [4.69, 9.17) is 0 Å². The summed E-state index contributed by atoms with van der Waals surface area (Å²) in [6.45, 7) is 12.6. The van der Waals surface area contributed by atoms with Crippen molar-refractivity contribution in [3.05, 3.63) is 64.2 Å². The largest absolute Gasteiger partial charge is 0.258 e. The van der Waals surface area contributed by atoms with E-state index in [0.717, 1.165) is 22.8 Å². The first-order chi connectivity index (χ1) is 11.8. The molecular formula is C22H26N3+. The van der Waals surface area contributed by atoms with E-state index in [0.29, 0.717) is 0 Å². The number of nitrogens with zero attached hydrogens (tertiary/aromatic N) is 3. The fourth-order valence-corrected chi connectivity index (χ4v) is 3.91. The molecule has 0 aliphatic carbocycles. The van der Waals surface area contributed by atoms with Gasteiger partial charge in [0.1, 0.15) is 7.05 Å². The van der Waals surface area contributed by atoms with Crippen LogP contribution in [0.5, 0.6) is 0 Å². The van der Waals surface area contributed by atoms with Crippen molar-refractivity contribution in [1.29, 1.82) is 0 Å². The van der Waals surface area contributed by atoms with Gasteiger partial charge in [0.05, 0.1) is 22.5 Å². The Morgan fingerprint density at radius 1 is 0.680 bits per heavy atom. The van der Waals surface area contributed by atoms with Crippen molar-refractivity contribution < 1.29 is 4.57 Å². The zero-order chi connectivity index (χ0) is 18.3. The molecule has 0 saturated heterocycles. The predicted molar refractivity (Wildman–Crippen MR) is 103 cm³/mol. The van der Waals surface area contributed by atoms with Crippen LogP contribution in [0.1, 0.15) is 33.9 Å². The van der Waals surface area contributed by atoms with Gasteiger partial charge in [-0.25, -0.2) is 0 Å². The average Bonchev–Trinajstić information content (AvgIpc) is 2.48. The molecule has 0 saturated carbocycles. The standard InChI is InChI=1S/C22H26N3/c1-13-11-15(3)23-17(5)21(13)19-9-8-10-20(25(19)7)22-14(2)12-16(4)24-18(22)6/h8-12H,1-7H3/q+1. The van der Waals surface area contributed by atoms with Crippen molar-refractivity contribution in [3.8, 4) is 22.5 Å². The predicted octanol–water partition coefficient (Wildman–Crippen LogP) is 4.49. The van der Waals surface area contributed by atoms with Crippen LogP contribution in [0.3, 0.4) is 0 Å². The first-order valence-corrected chi connectivity index (χ1v) is 8.69. The molecule has 3 aromatic heterocycles. The molecule has 3 aromatic rings. The van der Waals surface area contributed by atoms with Gasteiger partial charge in [-0.05, 0) is 70.9 Å². The van der Waals surface area contributed by atoms with Gasteiger partial charge in [0, 0.05) is 23.5 Å². The summed E-state index contributed by atoms with van der Waals surface area (Å²) in [6.07, 6.45) is 0. The summed E-state index contributed by atoms with van der Waals surface area (Å²) < 4.78 is 2.26. The highest BCUT2D eigenvalue weighted by Gasteiger charge is 2.22. The zero-order valence-electron chi connectivity index (χ0n) is 16.2. The smallest absolute Gasteiger partial charge is 0.214 e. The van der Waals surface area contributed by atoms with Gasteiger partial charge in [0.25, 0.3) is 0 Å². The fraction of sp³-hybridized carbons (Fsp3) is 0.318. The lowest BCUT2D eigenvalue weighted by Crippen LogP contribution is -2.34. The second-order valence-corrected chi connectivity index (χ2v) is 6.94. The van der Waals surface area contributed by atoms with E-state index >= 15 is 0 Å². The second-order valence-electron chi connectivity index (χ2n) is 6.94. The monoisotopic (exact) mass is 332 g/mol. The molecule has 0 bridgehead atoms. The number of aromatic nitrogens is 3. The number of aryl methyl sites for hydroxylation is 6. The number of hydrogen-bond donors (Lipinski definition) is 0. The van der Waals surface area contributed by atoms with Crippen LogP contribution in [0.25, 0.3) is 22.5 Å². The van der Waals surface area contributed by atoms with E-state index in [-0.39, 0.29) is 0 Å². The average molecular weight is 332 g/mol. The van der Waals surface area contributed by atoms with Crippen LogP contribution in [0.2, 0.25) is 0 Å². The summed E-state index contributed by atoms with van der Waals surface area (Å²) in [6, 6.07) is 10.8. The van der Waals surface area contributed by atoms with Gasteiger partial charge >= 0.3 is 0 Å². The molecule has 3 rings (SSSR count). The molecule has 0 aliphatic heterocycles. The highest BCUT2D eigenvalue weighted by atomic mass is 15.0. The van der Waals surface area contributed by atoms with Crippen molar-refractivity contribution in [2.45, 2.75) is 41.5 Å². The quantitative estimate of drug-likeness (QED) is 0.647. The Morgan fingerprint density at radius 3 is 1.44 bits per heavy atom. The molecule has 0 atom stereocenters. The van der Waals surface area contributed by atoms with Crippen LogP contribution in [0.4, 0.5) is 0 Å². The van der Waals surface area contributed by atoms with Crippen LogP contribution in [-0.4, -0.2) is 9.97 Å². The molecule has 0 aromatic carbocycles. The maximum Gasteiger partial charge on any atom is 0.214 e. The summed E-state index contributed by atoms with van der Waals surface area (Å²) in [4.78, 5) is 9.35. The van der Waals surface area contributed by atoms with Gasteiger partial charge in [-0.3, -0.25) is 9.97 Å². The molecule has 0 aliphatic rings. The summed E-state index contributed by atoms with van der Waals surface area (Å²) in [5.41, 5.74) is 11.6. The number of rotatable bonds is 2. The van der Waals surface area contributed by atoms with Crippen molar-refractivity contribution in [2.24, 2.45) is 7.05 Å². The molecule has 0 unspecified atom stereocenters. The van der Waals surface area contributed by atoms with Crippen LogP contribution < -0.4 is 4.57 Å². The van der Waals surface area contributed by atoms with Crippen molar-refractivity contribution in [1.82, 2.24) is 9.97 Å². The Kier molecular flexibility index (Phi) is 4.42. The lowest BCUT2D eigenvalue weighted by molar-refractivity contribution is -0.649.